The molecule has 2 nitrogen and oxygen atoms in total. The van der Waals surface area contributed by atoms with Crippen LogP contribution in [0.3, 0.4) is 0 Å². The van der Waals surface area contributed by atoms with Crippen molar-refractivity contribution in [3.8, 4) is 0 Å². The van der Waals surface area contributed by atoms with Crippen LogP contribution in [0.4, 0.5) is 0 Å². The lowest BCUT2D eigenvalue weighted by molar-refractivity contribution is 0.513. The second kappa shape index (κ2) is 1.39. The summed E-state index contributed by atoms with van der Waals surface area (Å²) < 4.78 is 0.0781. The molecule has 2 atom stereocenters. The van der Waals surface area contributed by atoms with Crippen LogP contribution in [0.15, 0.2) is 10.2 Å². The number of azo groups is 1. The SMILES string of the molecule is CCC12CN=NC1(Br)C2. The van der Waals surface area contributed by atoms with E-state index in [1.54, 1.807) is 0 Å². The van der Waals surface area contributed by atoms with Crippen molar-refractivity contribution in [1.29, 1.82) is 0 Å². The molecule has 0 radical (unpaired) electrons. The molecule has 0 amide bonds. The van der Waals surface area contributed by atoms with E-state index >= 15 is 0 Å². The van der Waals surface area contributed by atoms with E-state index in [0.29, 0.717) is 5.41 Å². The monoisotopic (exact) mass is 188 g/mol. The van der Waals surface area contributed by atoms with Crippen LogP contribution in [-0.2, 0) is 0 Å². The molecule has 2 rings (SSSR count). The number of rotatable bonds is 1. The standard InChI is InChI=1S/C6H9BrN2/c1-2-5-3-6(5,7)9-8-4-5/h2-4H2,1H3. The van der Waals surface area contributed by atoms with E-state index < -0.39 is 0 Å². The Bertz CT molecular complexity index is 180. The summed E-state index contributed by atoms with van der Waals surface area (Å²) in [5.41, 5.74) is 0.424. The van der Waals surface area contributed by atoms with Crippen LogP contribution in [0.25, 0.3) is 0 Å². The fourth-order valence-electron chi connectivity index (χ4n) is 1.51. The van der Waals surface area contributed by atoms with Gasteiger partial charge in [-0.15, -0.1) is 0 Å². The second-order valence-electron chi connectivity index (χ2n) is 2.97. The van der Waals surface area contributed by atoms with Crippen molar-refractivity contribution in [3.63, 3.8) is 0 Å². The summed E-state index contributed by atoms with van der Waals surface area (Å²) in [6.45, 7) is 3.15. The maximum atomic E-state index is 4.13. The van der Waals surface area contributed by atoms with Crippen LogP contribution in [-0.4, -0.2) is 11.0 Å². The van der Waals surface area contributed by atoms with E-state index in [-0.39, 0.29) is 4.45 Å². The zero-order chi connectivity index (χ0) is 6.54. The predicted octanol–water partition coefficient (Wildman–Crippen LogP) is 2.34. The van der Waals surface area contributed by atoms with Gasteiger partial charge in [-0.25, -0.2) is 0 Å². The van der Waals surface area contributed by atoms with E-state index in [9.17, 15) is 0 Å². The van der Waals surface area contributed by atoms with Crippen molar-refractivity contribution in [3.05, 3.63) is 0 Å². The maximum Gasteiger partial charge on any atom is 0.144 e. The molecule has 1 saturated carbocycles. The molecule has 9 heavy (non-hydrogen) atoms. The minimum Gasteiger partial charge on any atom is -0.192 e. The highest BCUT2D eigenvalue weighted by Gasteiger charge is 2.68. The van der Waals surface area contributed by atoms with E-state index in [1.807, 2.05) is 0 Å². The molecule has 0 aromatic rings. The van der Waals surface area contributed by atoms with Gasteiger partial charge >= 0.3 is 0 Å². The average molecular weight is 189 g/mol. The van der Waals surface area contributed by atoms with Crippen LogP contribution < -0.4 is 0 Å². The van der Waals surface area contributed by atoms with Crippen molar-refractivity contribution in [2.24, 2.45) is 15.6 Å². The Labute approximate surface area is 62.9 Å². The summed E-state index contributed by atoms with van der Waals surface area (Å²) in [5, 5.41) is 8.13. The second-order valence-corrected chi connectivity index (χ2v) is 4.28. The molecule has 3 heteroatoms. The highest BCUT2D eigenvalue weighted by atomic mass is 79.9. The van der Waals surface area contributed by atoms with Crippen molar-refractivity contribution < 1.29 is 0 Å². The minimum atomic E-state index is 0.0781. The molecular weight excluding hydrogens is 180 g/mol. The number of alkyl halides is 1. The number of nitrogens with zero attached hydrogens (tertiary/aromatic N) is 2. The molecule has 2 unspecified atom stereocenters. The van der Waals surface area contributed by atoms with E-state index in [2.05, 4.69) is 33.1 Å². The summed E-state index contributed by atoms with van der Waals surface area (Å²) in [5.74, 6) is 0. The Balaban J connectivity index is 2.26. The van der Waals surface area contributed by atoms with Gasteiger partial charge in [0.25, 0.3) is 0 Å². The third kappa shape index (κ3) is 0.515. The molecule has 50 valence electrons. The highest BCUT2D eigenvalue weighted by molar-refractivity contribution is 9.10. The Morgan fingerprint density at radius 1 is 1.67 bits per heavy atom. The van der Waals surface area contributed by atoms with E-state index in [4.69, 9.17) is 0 Å². The Morgan fingerprint density at radius 2 is 2.44 bits per heavy atom. The lowest BCUT2D eigenvalue weighted by Gasteiger charge is -2.04. The summed E-state index contributed by atoms with van der Waals surface area (Å²) in [4.78, 5) is 0. The molecule has 0 saturated heterocycles. The molecule has 1 fully saturated rings. The summed E-state index contributed by atoms with van der Waals surface area (Å²) in [7, 11) is 0. The molecule has 0 aromatic heterocycles. The summed E-state index contributed by atoms with van der Waals surface area (Å²) in [6, 6.07) is 0. The number of halogens is 1. The van der Waals surface area contributed by atoms with Crippen molar-refractivity contribution in [2.45, 2.75) is 24.2 Å². The van der Waals surface area contributed by atoms with Gasteiger partial charge in [0.15, 0.2) is 0 Å². The molecular formula is C6H9BrN2. The van der Waals surface area contributed by atoms with Crippen LogP contribution in [0.2, 0.25) is 0 Å². The van der Waals surface area contributed by atoms with Gasteiger partial charge in [-0.3, -0.25) is 0 Å². The Hall–Kier alpha value is 0.0800. The fraction of sp³-hybridized carbons (Fsp3) is 1.00. The summed E-state index contributed by atoms with van der Waals surface area (Å²) in [6.07, 6.45) is 2.39. The first-order chi connectivity index (χ1) is 4.22. The zero-order valence-corrected chi connectivity index (χ0v) is 6.98. The van der Waals surface area contributed by atoms with Gasteiger partial charge in [0.1, 0.15) is 4.45 Å². The molecule has 1 heterocycles. The van der Waals surface area contributed by atoms with Gasteiger partial charge < -0.3 is 0 Å². The topological polar surface area (TPSA) is 24.7 Å². The quantitative estimate of drug-likeness (QED) is 0.446. The van der Waals surface area contributed by atoms with Crippen LogP contribution in [0, 0.1) is 5.41 Å². The molecule has 0 spiro atoms. The molecule has 1 aliphatic carbocycles. The smallest absolute Gasteiger partial charge is 0.144 e. The fourth-order valence-corrected chi connectivity index (χ4v) is 2.57. The van der Waals surface area contributed by atoms with Gasteiger partial charge in [-0.05, 0) is 12.8 Å². The first kappa shape index (κ1) is 5.83. The molecule has 0 N–H and O–H groups in total. The van der Waals surface area contributed by atoms with Gasteiger partial charge in [-0.2, -0.15) is 10.2 Å². The van der Waals surface area contributed by atoms with Gasteiger partial charge in [0, 0.05) is 5.41 Å². The Kier molecular flexibility index (Phi) is 0.900. The van der Waals surface area contributed by atoms with E-state index in [1.165, 1.54) is 12.8 Å². The molecule has 1 aliphatic heterocycles. The molecule has 0 bridgehead atoms. The largest absolute Gasteiger partial charge is 0.192 e. The predicted molar refractivity (Wildman–Crippen MR) is 38.7 cm³/mol. The molecule has 0 aromatic carbocycles. The third-order valence-corrected chi connectivity index (χ3v) is 3.82. The van der Waals surface area contributed by atoms with Crippen molar-refractivity contribution >= 4 is 15.9 Å². The first-order valence-corrected chi connectivity index (χ1v) is 4.09. The lowest BCUT2D eigenvalue weighted by atomic mass is 10.0. The maximum absolute atomic E-state index is 4.13. The first-order valence-electron chi connectivity index (χ1n) is 3.30. The van der Waals surface area contributed by atoms with Gasteiger partial charge in [0.2, 0.25) is 0 Å². The molecule has 2 aliphatic rings. The van der Waals surface area contributed by atoms with Crippen molar-refractivity contribution in [1.82, 2.24) is 0 Å². The van der Waals surface area contributed by atoms with E-state index in [0.717, 1.165) is 6.54 Å². The lowest BCUT2D eigenvalue weighted by Crippen LogP contribution is -2.08. The van der Waals surface area contributed by atoms with Gasteiger partial charge in [0.05, 0.1) is 6.54 Å². The van der Waals surface area contributed by atoms with Crippen molar-refractivity contribution in [2.75, 3.05) is 6.54 Å². The number of hydrogen-bond acceptors (Lipinski definition) is 2. The minimum absolute atomic E-state index is 0.0781. The number of fused-ring (bicyclic) bond motifs is 1. The normalized spacial score (nSPS) is 53.6. The average Bonchev–Trinajstić information content (AvgIpc) is 2.29. The summed E-state index contributed by atoms with van der Waals surface area (Å²) >= 11 is 3.57. The van der Waals surface area contributed by atoms with Gasteiger partial charge in [-0.1, -0.05) is 22.9 Å². The third-order valence-electron chi connectivity index (χ3n) is 2.54. The van der Waals surface area contributed by atoms with Crippen LogP contribution in [0.5, 0.6) is 0 Å². The van der Waals surface area contributed by atoms with Crippen LogP contribution >= 0.6 is 15.9 Å². The highest BCUT2D eigenvalue weighted by Crippen LogP contribution is 2.68. The zero-order valence-electron chi connectivity index (χ0n) is 5.39. The Morgan fingerprint density at radius 3 is 2.67 bits per heavy atom. The van der Waals surface area contributed by atoms with Crippen LogP contribution in [0.1, 0.15) is 19.8 Å². The number of hydrogen-bond donors (Lipinski definition) is 0.